The molecule has 0 spiro atoms. The van der Waals surface area contributed by atoms with Crippen molar-refractivity contribution < 1.29 is 0 Å². The normalized spacial score (nSPS) is 21.4. The van der Waals surface area contributed by atoms with E-state index in [9.17, 15) is 0 Å². The van der Waals surface area contributed by atoms with Crippen LogP contribution < -0.4 is 5.32 Å². The summed E-state index contributed by atoms with van der Waals surface area (Å²) < 4.78 is 1.16. The second kappa shape index (κ2) is 5.79. The average molecular weight is 351 g/mol. The van der Waals surface area contributed by atoms with E-state index in [4.69, 9.17) is 11.6 Å². The van der Waals surface area contributed by atoms with Crippen LogP contribution in [0.1, 0.15) is 29.9 Å². The van der Waals surface area contributed by atoms with Gasteiger partial charge in [0.05, 0.1) is 0 Å². The van der Waals surface area contributed by atoms with Crippen LogP contribution in [0.5, 0.6) is 0 Å². The largest absolute Gasteiger partial charge is 0.382 e. The minimum absolute atomic E-state index is 0.573. The number of benzene rings is 2. The number of hydrogen-bond donors (Lipinski definition) is 1. The highest BCUT2D eigenvalue weighted by molar-refractivity contribution is 9.10. The van der Waals surface area contributed by atoms with Crippen LogP contribution in [0, 0.1) is 6.92 Å². The second-order valence-corrected chi connectivity index (χ2v) is 6.76. The monoisotopic (exact) mass is 349 g/mol. The summed E-state index contributed by atoms with van der Waals surface area (Å²) in [6.07, 6.45) is 2.38. The molecule has 0 amide bonds. The third kappa shape index (κ3) is 2.87. The van der Waals surface area contributed by atoms with E-state index in [2.05, 4.69) is 58.5 Å². The maximum absolute atomic E-state index is 5.93. The third-order valence-electron chi connectivity index (χ3n) is 4.11. The molecule has 3 rings (SSSR count). The Morgan fingerprint density at radius 3 is 2.50 bits per heavy atom. The molecule has 1 aliphatic rings. The van der Waals surface area contributed by atoms with Gasteiger partial charge in [0.2, 0.25) is 0 Å². The first-order valence-electron chi connectivity index (χ1n) is 6.90. The number of nitrogens with one attached hydrogen (secondary N) is 1. The van der Waals surface area contributed by atoms with E-state index >= 15 is 0 Å². The van der Waals surface area contributed by atoms with Gasteiger partial charge in [-0.2, -0.15) is 0 Å². The highest BCUT2D eigenvalue weighted by atomic mass is 79.9. The van der Waals surface area contributed by atoms with Crippen molar-refractivity contribution in [2.75, 3.05) is 5.32 Å². The summed E-state index contributed by atoms with van der Waals surface area (Å²) in [4.78, 5) is 0. The Hall–Kier alpha value is -0.990. The van der Waals surface area contributed by atoms with Gasteiger partial charge in [-0.05, 0) is 61.1 Å². The molecular formula is C17H17BrClN. The number of halogens is 2. The molecule has 2 aromatic carbocycles. The van der Waals surface area contributed by atoms with Crippen LogP contribution in [0.4, 0.5) is 5.69 Å². The lowest BCUT2D eigenvalue weighted by molar-refractivity contribution is 0.374. The summed E-state index contributed by atoms with van der Waals surface area (Å²) in [5.41, 5.74) is 3.92. The Labute approximate surface area is 133 Å². The lowest BCUT2D eigenvalue weighted by Gasteiger charge is -2.37. The van der Waals surface area contributed by atoms with Gasteiger partial charge in [-0.3, -0.25) is 0 Å². The maximum Gasteiger partial charge on any atom is 0.0406 e. The minimum Gasteiger partial charge on any atom is -0.382 e. The Morgan fingerprint density at radius 2 is 1.80 bits per heavy atom. The maximum atomic E-state index is 5.93. The van der Waals surface area contributed by atoms with Crippen LogP contribution in [-0.2, 0) is 0 Å². The van der Waals surface area contributed by atoms with Crippen molar-refractivity contribution in [2.45, 2.75) is 31.7 Å². The first kappa shape index (κ1) is 14.0. The Kier molecular flexibility index (Phi) is 4.04. The van der Waals surface area contributed by atoms with Crippen LogP contribution in [-0.4, -0.2) is 6.04 Å². The van der Waals surface area contributed by atoms with Crippen LogP contribution in [0.3, 0.4) is 0 Å². The van der Waals surface area contributed by atoms with Crippen LogP contribution in [0.15, 0.2) is 46.9 Å². The molecule has 0 atom stereocenters. The predicted molar refractivity (Wildman–Crippen MR) is 89.7 cm³/mol. The minimum atomic E-state index is 0.573. The zero-order valence-electron chi connectivity index (χ0n) is 11.4. The molecule has 1 saturated carbocycles. The Bertz CT molecular complexity index is 603. The average Bonchev–Trinajstić information content (AvgIpc) is 2.39. The predicted octanol–water partition coefficient (Wildman–Crippen LogP) is 5.77. The Balaban J connectivity index is 1.61. The molecule has 0 bridgehead atoms. The van der Waals surface area contributed by atoms with Crippen molar-refractivity contribution in [1.82, 2.24) is 0 Å². The standard InChI is InChI=1S/C17H17BrClN/c1-11-16(18)3-2-4-17(11)20-15-9-13(10-15)12-5-7-14(19)8-6-12/h2-8,13,15,20H,9-10H2,1H3. The van der Waals surface area contributed by atoms with Crippen molar-refractivity contribution in [3.8, 4) is 0 Å². The van der Waals surface area contributed by atoms with E-state index in [1.807, 2.05) is 12.1 Å². The zero-order chi connectivity index (χ0) is 14.1. The van der Waals surface area contributed by atoms with Gasteiger partial charge in [0.15, 0.2) is 0 Å². The summed E-state index contributed by atoms with van der Waals surface area (Å²) in [5, 5.41) is 4.46. The quantitative estimate of drug-likeness (QED) is 0.741. The molecule has 0 radical (unpaired) electrons. The van der Waals surface area contributed by atoms with Gasteiger partial charge < -0.3 is 5.32 Å². The van der Waals surface area contributed by atoms with Crippen molar-refractivity contribution in [2.24, 2.45) is 0 Å². The van der Waals surface area contributed by atoms with Crippen LogP contribution in [0.2, 0.25) is 5.02 Å². The van der Waals surface area contributed by atoms with Gasteiger partial charge in [0, 0.05) is 21.2 Å². The molecule has 2 aromatic rings. The van der Waals surface area contributed by atoms with Crippen molar-refractivity contribution in [1.29, 1.82) is 0 Å². The molecule has 1 fully saturated rings. The lowest BCUT2D eigenvalue weighted by atomic mass is 9.76. The molecule has 0 aromatic heterocycles. The molecule has 0 aliphatic heterocycles. The smallest absolute Gasteiger partial charge is 0.0406 e. The molecule has 0 heterocycles. The summed E-state index contributed by atoms with van der Waals surface area (Å²) in [7, 11) is 0. The van der Waals surface area contributed by atoms with E-state index in [1.165, 1.54) is 29.7 Å². The lowest BCUT2D eigenvalue weighted by Crippen LogP contribution is -2.34. The zero-order valence-corrected chi connectivity index (χ0v) is 13.7. The van der Waals surface area contributed by atoms with Crippen molar-refractivity contribution in [3.05, 3.63) is 63.1 Å². The molecule has 3 heteroatoms. The summed E-state index contributed by atoms with van der Waals surface area (Å²) in [6, 6.07) is 15.1. The molecule has 1 aliphatic carbocycles. The van der Waals surface area contributed by atoms with Crippen LogP contribution >= 0.6 is 27.5 Å². The first-order valence-corrected chi connectivity index (χ1v) is 8.07. The molecule has 0 saturated heterocycles. The van der Waals surface area contributed by atoms with Gasteiger partial charge in [-0.25, -0.2) is 0 Å². The fourth-order valence-electron chi connectivity index (χ4n) is 2.73. The Morgan fingerprint density at radius 1 is 1.10 bits per heavy atom. The first-order chi connectivity index (χ1) is 9.63. The molecule has 1 nitrogen and oxygen atoms in total. The number of anilines is 1. The molecule has 1 N–H and O–H groups in total. The van der Waals surface area contributed by atoms with E-state index in [-0.39, 0.29) is 0 Å². The van der Waals surface area contributed by atoms with E-state index in [1.54, 1.807) is 0 Å². The number of rotatable bonds is 3. The SMILES string of the molecule is Cc1c(Br)cccc1NC1CC(c2ccc(Cl)cc2)C1. The van der Waals surface area contributed by atoms with Crippen molar-refractivity contribution >= 4 is 33.2 Å². The van der Waals surface area contributed by atoms with Crippen LogP contribution in [0.25, 0.3) is 0 Å². The van der Waals surface area contributed by atoms with Gasteiger partial charge in [0.25, 0.3) is 0 Å². The van der Waals surface area contributed by atoms with Crippen molar-refractivity contribution in [3.63, 3.8) is 0 Å². The topological polar surface area (TPSA) is 12.0 Å². The summed E-state index contributed by atoms with van der Waals surface area (Å²) in [5.74, 6) is 0.664. The van der Waals surface area contributed by atoms with Gasteiger partial charge >= 0.3 is 0 Å². The van der Waals surface area contributed by atoms with E-state index in [0.29, 0.717) is 12.0 Å². The van der Waals surface area contributed by atoms with Gasteiger partial charge in [-0.15, -0.1) is 0 Å². The fourth-order valence-corrected chi connectivity index (χ4v) is 3.22. The highest BCUT2D eigenvalue weighted by Gasteiger charge is 2.30. The summed E-state index contributed by atoms with van der Waals surface area (Å²) in [6.45, 7) is 2.14. The van der Waals surface area contributed by atoms with Gasteiger partial charge in [-0.1, -0.05) is 45.7 Å². The molecule has 104 valence electrons. The molecular weight excluding hydrogens is 334 g/mol. The molecule has 20 heavy (non-hydrogen) atoms. The third-order valence-corrected chi connectivity index (χ3v) is 5.22. The van der Waals surface area contributed by atoms with E-state index in [0.717, 1.165) is 9.50 Å². The fraction of sp³-hybridized carbons (Fsp3) is 0.294. The number of hydrogen-bond acceptors (Lipinski definition) is 1. The highest BCUT2D eigenvalue weighted by Crippen LogP contribution is 2.39. The van der Waals surface area contributed by atoms with E-state index < -0.39 is 0 Å². The van der Waals surface area contributed by atoms with Gasteiger partial charge in [0.1, 0.15) is 0 Å². The molecule has 0 unspecified atom stereocenters. The summed E-state index contributed by atoms with van der Waals surface area (Å²) >= 11 is 9.51. The second-order valence-electron chi connectivity index (χ2n) is 5.47.